The van der Waals surface area contributed by atoms with Crippen molar-refractivity contribution in [3.05, 3.63) is 34.7 Å². The summed E-state index contributed by atoms with van der Waals surface area (Å²) in [5.41, 5.74) is 2.22. The summed E-state index contributed by atoms with van der Waals surface area (Å²) in [5.74, 6) is 0. The quantitative estimate of drug-likeness (QED) is 0.713. The van der Waals surface area contributed by atoms with Gasteiger partial charge in [0, 0.05) is 22.3 Å². The number of hydrogen-bond donors (Lipinski definition) is 0. The van der Waals surface area contributed by atoms with Crippen LogP contribution in [-0.2, 0) is 5.41 Å². The Bertz CT molecular complexity index is 469. The van der Waals surface area contributed by atoms with Crippen LogP contribution in [0.4, 0.5) is 0 Å². The van der Waals surface area contributed by atoms with Crippen molar-refractivity contribution in [2.45, 2.75) is 26.2 Å². The minimum Gasteiger partial charge on any atom is -0.307 e. The molecule has 0 spiro atoms. The van der Waals surface area contributed by atoms with Crippen molar-refractivity contribution in [2.75, 3.05) is 0 Å². The molecule has 0 saturated carbocycles. The fourth-order valence-corrected chi connectivity index (χ4v) is 1.64. The minimum absolute atomic E-state index is 0. The molecule has 2 aromatic rings. The lowest BCUT2D eigenvalue weighted by atomic mass is 9.93. The molecule has 0 aliphatic rings. The molecule has 0 fully saturated rings. The van der Waals surface area contributed by atoms with E-state index < -0.39 is 0 Å². The molecule has 0 unspecified atom stereocenters. The number of fused-ring (bicyclic) bond motifs is 1. The SMILES string of the molecule is Br.CC(C)(C)c1cn2ccc(Br)cc2n1. The molecule has 0 aliphatic carbocycles. The van der Waals surface area contributed by atoms with Gasteiger partial charge in [0.25, 0.3) is 0 Å². The molecule has 15 heavy (non-hydrogen) atoms. The second-order valence-corrected chi connectivity index (χ2v) is 5.40. The Kier molecular flexibility index (Phi) is 3.61. The molecular weight excluding hydrogens is 320 g/mol. The molecule has 0 saturated heterocycles. The van der Waals surface area contributed by atoms with E-state index in [1.807, 2.05) is 22.7 Å². The third-order valence-corrected chi connectivity index (χ3v) is 2.68. The van der Waals surface area contributed by atoms with Gasteiger partial charge in [0.05, 0.1) is 5.69 Å². The lowest BCUT2D eigenvalue weighted by Crippen LogP contribution is -2.11. The lowest BCUT2D eigenvalue weighted by molar-refractivity contribution is 0.573. The van der Waals surface area contributed by atoms with Gasteiger partial charge in [-0.25, -0.2) is 4.98 Å². The predicted octanol–water partition coefficient (Wildman–Crippen LogP) is 3.97. The Morgan fingerprint density at radius 3 is 2.60 bits per heavy atom. The van der Waals surface area contributed by atoms with Gasteiger partial charge in [0.15, 0.2) is 0 Å². The van der Waals surface area contributed by atoms with E-state index in [4.69, 9.17) is 0 Å². The average molecular weight is 334 g/mol. The highest BCUT2D eigenvalue weighted by atomic mass is 79.9. The summed E-state index contributed by atoms with van der Waals surface area (Å²) < 4.78 is 3.11. The van der Waals surface area contributed by atoms with Gasteiger partial charge in [-0.3, -0.25) is 0 Å². The Labute approximate surface area is 109 Å². The van der Waals surface area contributed by atoms with Gasteiger partial charge in [0.2, 0.25) is 0 Å². The zero-order chi connectivity index (χ0) is 10.3. The van der Waals surface area contributed by atoms with E-state index in [2.05, 4.69) is 47.9 Å². The van der Waals surface area contributed by atoms with Crippen LogP contribution in [0, 0.1) is 0 Å². The molecule has 0 N–H and O–H groups in total. The van der Waals surface area contributed by atoms with Gasteiger partial charge in [-0.05, 0) is 12.1 Å². The van der Waals surface area contributed by atoms with Crippen LogP contribution in [-0.4, -0.2) is 9.38 Å². The maximum atomic E-state index is 4.58. The summed E-state index contributed by atoms with van der Waals surface area (Å²) >= 11 is 3.44. The predicted molar refractivity (Wildman–Crippen MR) is 71.9 cm³/mol. The van der Waals surface area contributed by atoms with E-state index in [-0.39, 0.29) is 22.4 Å². The van der Waals surface area contributed by atoms with Crippen LogP contribution < -0.4 is 0 Å². The van der Waals surface area contributed by atoms with Crippen molar-refractivity contribution in [3.63, 3.8) is 0 Å². The highest BCUT2D eigenvalue weighted by Crippen LogP contribution is 2.22. The first-order valence-electron chi connectivity index (χ1n) is 4.61. The summed E-state index contributed by atoms with van der Waals surface area (Å²) in [6, 6.07) is 4.04. The first-order chi connectivity index (χ1) is 6.47. The largest absolute Gasteiger partial charge is 0.307 e. The smallest absolute Gasteiger partial charge is 0.138 e. The fraction of sp³-hybridized carbons (Fsp3) is 0.364. The molecule has 0 aromatic carbocycles. The van der Waals surface area contributed by atoms with Crippen LogP contribution in [0.25, 0.3) is 5.65 Å². The number of nitrogens with zero attached hydrogens (tertiary/aromatic N) is 2. The van der Waals surface area contributed by atoms with Crippen molar-refractivity contribution in [1.29, 1.82) is 0 Å². The highest BCUT2D eigenvalue weighted by molar-refractivity contribution is 9.10. The van der Waals surface area contributed by atoms with E-state index in [0.29, 0.717) is 0 Å². The Morgan fingerprint density at radius 2 is 2.00 bits per heavy atom. The second kappa shape index (κ2) is 4.26. The van der Waals surface area contributed by atoms with Crippen LogP contribution in [0.15, 0.2) is 29.0 Å². The Balaban J connectivity index is 0.00000112. The first-order valence-corrected chi connectivity index (χ1v) is 5.41. The van der Waals surface area contributed by atoms with Gasteiger partial charge in [-0.2, -0.15) is 0 Å². The maximum Gasteiger partial charge on any atom is 0.138 e. The molecule has 2 aromatic heterocycles. The van der Waals surface area contributed by atoms with Crippen LogP contribution in [0.1, 0.15) is 26.5 Å². The average Bonchev–Trinajstić information content (AvgIpc) is 2.45. The number of aromatic nitrogens is 2. The lowest BCUT2D eigenvalue weighted by Gasteiger charge is -2.13. The number of imidazole rings is 1. The molecule has 4 heteroatoms. The fourth-order valence-electron chi connectivity index (χ4n) is 1.32. The molecular formula is C11H14Br2N2. The standard InChI is InChI=1S/C11H13BrN2.BrH/c1-11(2,3)9-7-14-5-4-8(12)6-10(14)13-9;/h4-7H,1-3H3;1H. The number of hydrogen-bond acceptors (Lipinski definition) is 1. The zero-order valence-corrected chi connectivity index (χ0v) is 12.3. The summed E-state index contributed by atoms with van der Waals surface area (Å²) in [6.45, 7) is 6.51. The van der Waals surface area contributed by atoms with Crippen molar-refractivity contribution in [3.8, 4) is 0 Å². The first kappa shape index (κ1) is 12.7. The topological polar surface area (TPSA) is 17.3 Å². The molecule has 0 atom stereocenters. The Hall–Kier alpha value is -0.350. The molecule has 0 amide bonds. The van der Waals surface area contributed by atoms with Gasteiger partial charge in [-0.1, -0.05) is 36.7 Å². The zero-order valence-electron chi connectivity index (χ0n) is 8.99. The van der Waals surface area contributed by atoms with Crippen molar-refractivity contribution >= 4 is 38.6 Å². The molecule has 0 bridgehead atoms. The van der Waals surface area contributed by atoms with E-state index in [1.54, 1.807) is 0 Å². The monoisotopic (exact) mass is 332 g/mol. The van der Waals surface area contributed by atoms with E-state index in [9.17, 15) is 0 Å². The van der Waals surface area contributed by atoms with E-state index in [1.165, 1.54) is 0 Å². The summed E-state index contributed by atoms with van der Waals surface area (Å²) in [6.07, 6.45) is 4.10. The van der Waals surface area contributed by atoms with Gasteiger partial charge >= 0.3 is 0 Å². The van der Waals surface area contributed by atoms with E-state index in [0.717, 1.165) is 15.8 Å². The van der Waals surface area contributed by atoms with Crippen LogP contribution in [0.3, 0.4) is 0 Å². The molecule has 2 rings (SSSR count). The summed E-state index contributed by atoms with van der Waals surface area (Å²) in [7, 11) is 0. The number of pyridine rings is 1. The van der Waals surface area contributed by atoms with Crippen LogP contribution in [0.5, 0.6) is 0 Å². The van der Waals surface area contributed by atoms with Crippen LogP contribution in [0.2, 0.25) is 0 Å². The normalized spacial score (nSPS) is 11.5. The van der Waals surface area contributed by atoms with Crippen molar-refractivity contribution in [2.24, 2.45) is 0 Å². The molecule has 0 aliphatic heterocycles. The molecule has 82 valence electrons. The number of halogens is 2. The minimum atomic E-state index is 0. The second-order valence-electron chi connectivity index (χ2n) is 4.49. The van der Waals surface area contributed by atoms with Gasteiger partial charge < -0.3 is 4.40 Å². The number of rotatable bonds is 0. The van der Waals surface area contributed by atoms with E-state index >= 15 is 0 Å². The molecule has 0 radical (unpaired) electrons. The van der Waals surface area contributed by atoms with Crippen molar-refractivity contribution in [1.82, 2.24) is 9.38 Å². The molecule has 2 nitrogen and oxygen atoms in total. The summed E-state index contributed by atoms with van der Waals surface area (Å²) in [4.78, 5) is 4.58. The Morgan fingerprint density at radius 1 is 1.33 bits per heavy atom. The molecule has 2 heterocycles. The van der Waals surface area contributed by atoms with Crippen molar-refractivity contribution < 1.29 is 0 Å². The highest BCUT2D eigenvalue weighted by Gasteiger charge is 2.17. The van der Waals surface area contributed by atoms with Gasteiger partial charge in [0.1, 0.15) is 5.65 Å². The van der Waals surface area contributed by atoms with Crippen LogP contribution >= 0.6 is 32.9 Å². The third kappa shape index (κ3) is 2.61. The maximum absolute atomic E-state index is 4.58. The summed E-state index contributed by atoms with van der Waals surface area (Å²) in [5, 5.41) is 0. The third-order valence-electron chi connectivity index (χ3n) is 2.19. The van der Waals surface area contributed by atoms with Gasteiger partial charge in [-0.15, -0.1) is 17.0 Å².